The van der Waals surface area contributed by atoms with Crippen LogP contribution in [0.4, 0.5) is 0 Å². The van der Waals surface area contributed by atoms with Crippen LogP contribution in [0.3, 0.4) is 0 Å². The molecule has 0 saturated heterocycles. The first-order valence-corrected chi connectivity index (χ1v) is 8.87. The molecule has 0 aliphatic heterocycles. The van der Waals surface area contributed by atoms with Crippen LogP contribution in [0.1, 0.15) is 25.3 Å². The maximum atomic E-state index is 5.78. The van der Waals surface area contributed by atoms with Crippen molar-refractivity contribution in [2.24, 2.45) is 4.99 Å². The van der Waals surface area contributed by atoms with E-state index in [0.29, 0.717) is 19.7 Å². The minimum Gasteiger partial charge on any atom is -0.497 e. The third-order valence-corrected chi connectivity index (χ3v) is 3.81. The van der Waals surface area contributed by atoms with Gasteiger partial charge in [-0.25, -0.2) is 4.99 Å². The van der Waals surface area contributed by atoms with Gasteiger partial charge in [0.1, 0.15) is 24.7 Å². The van der Waals surface area contributed by atoms with Gasteiger partial charge in [-0.2, -0.15) is 0 Å². The van der Waals surface area contributed by atoms with Crippen molar-refractivity contribution in [1.82, 2.24) is 15.4 Å². The van der Waals surface area contributed by atoms with Crippen LogP contribution in [0, 0.1) is 0 Å². The fourth-order valence-electron chi connectivity index (χ4n) is 2.30. The zero-order valence-corrected chi connectivity index (χ0v) is 16.0. The maximum Gasteiger partial charge on any atom is 0.194 e. The van der Waals surface area contributed by atoms with Crippen molar-refractivity contribution in [3.8, 4) is 11.5 Å². The number of hydrogen-bond donors (Lipinski definition) is 1. The Bertz CT molecular complexity index is 682. The van der Waals surface area contributed by atoms with Crippen molar-refractivity contribution < 1.29 is 14.0 Å². The fourth-order valence-corrected chi connectivity index (χ4v) is 2.30. The number of benzene rings is 1. The van der Waals surface area contributed by atoms with Gasteiger partial charge in [0.2, 0.25) is 0 Å². The monoisotopic (exact) mass is 360 g/mol. The molecule has 0 aliphatic carbocycles. The van der Waals surface area contributed by atoms with E-state index in [1.807, 2.05) is 56.1 Å². The van der Waals surface area contributed by atoms with E-state index in [9.17, 15) is 0 Å². The molecule has 1 aromatic carbocycles. The molecule has 0 radical (unpaired) electrons. The Morgan fingerprint density at radius 3 is 2.58 bits per heavy atom. The van der Waals surface area contributed by atoms with Gasteiger partial charge in [0.25, 0.3) is 0 Å². The zero-order chi connectivity index (χ0) is 18.8. The van der Waals surface area contributed by atoms with Crippen LogP contribution < -0.4 is 14.8 Å². The number of rotatable bonds is 9. The van der Waals surface area contributed by atoms with Crippen molar-refractivity contribution in [3.63, 3.8) is 0 Å². The van der Waals surface area contributed by atoms with Gasteiger partial charge in [0.05, 0.1) is 19.3 Å². The number of hydrogen-bond acceptors (Lipinski definition) is 5. The molecule has 2 aromatic rings. The highest BCUT2D eigenvalue weighted by Crippen LogP contribution is 2.16. The van der Waals surface area contributed by atoms with Crippen LogP contribution in [0.15, 0.2) is 39.8 Å². The second-order valence-electron chi connectivity index (χ2n) is 5.75. The van der Waals surface area contributed by atoms with Crippen LogP contribution in [-0.4, -0.2) is 49.9 Å². The van der Waals surface area contributed by atoms with Crippen molar-refractivity contribution in [2.75, 3.05) is 33.9 Å². The van der Waals surface area contributed by atoms with Crippen molar-refractivity contribution >= 4 is 5.96 Å². The molecule has 0 saturated carbocycles. The Morgan fingerprint density at radius 2 is 1.96 bits per heavy atom. The van der Waals surface area contributed by atoms with Crippen molar-refractivity contribution in [1.29, 1.82) is 0 Å². The van der Waals surface area contributed by atoms with E-state index in [0.717, 1.165) is 41.9 Å². The summed E-state index contributed by atoms with van der Waals surface area (Å²) in [6.07, 6.45) is 0.857. The van der Waals surface area contributed by atoms with Gasteiger partial charge < -0.3 is 24.2 Å². The molecule has 0 unspecified atom stereocenters. The summed E-state index contributed by atoms with van der Waals surface area (Å²) in [5, 5.41) is 7.27. The number of guanidine groups is 1. The normalized spacial score (nSPS) is 11.3. The third kappa shape index (κ3) is 5.98. The molecule has 26 heavy (non-hydrogen) atoms. The van der Waals surface area contributed by atoms with Crippen LogP contribution in [0.25, 0.3) is 0 Å². The Hall–Kier alpha value is -2.70. The largest absolute Gasteiger partial charge is 0.497 e. The van der Waals surface area contributed by atoms with Gasteiger partial charge in [0, 0.05) is 19.7 Å². The van der Waals surface area contributed by atoms with Gasteiger partial charge in [0.15, 0.2) is 11.7 Å². The Morgan fingerprint density at radius 1 is 1.23 bits per heavy atom. The van der Waals surface area contributed by atoms with Crippen LogP contribution >= 0.6 is 0 Å². The molecular weight excluding hydrogens is 332 g/mol. The molecule has 0 spiro atoms. The van der Waals surface area contributed by atoms with E-state index < -0.39 is 0 Å². The lowest BCUT2D eigenvalue weighted by atomic mass is 10.3. The third-order valence-electron chi connectivity index (χ3n) is 3.81. The standard InChI is InChI=1S/C19H28N4O3/c1-5-15-13-18(26-22-15)14-21-19(20-6-2)23(3)11-12-25-17-9-7-16(24-4)8-10-17/h7-10,13H,5-6,11-12,14H2,1-4H3,(H,20,21). The molecule has 1 N–H and O–H groups in total. The van der Waals surface area contributed by atoms with E-state index in [1.165, 1.54) is 0 Å². The second kappa shape index (κ2) is 10.3. The summed E-state index contributed by atoms with van der Waals surface area (Å²) in [4.78, 5) is 6.64. The molecule has 7 nitrogen and oxygen atoms in total. The van der Waals surface area contributed by atoms with Crippen LogP contribution in [-0.2, 0) is 13.0 Å². The van der Waals surface area contributed by atoms with E-state index in [4.69, 9.17) is 14.0 Å². The summed E-state index contributed by atoms with van der Waals surface area (Å²) >= 11 is 0. The topological polar surface area (TPSA) is 72.1 Å². The SMILES string of the molecule is CCNC(=NCc1cc(CC)no1)N(C)CCOc1ccc(OC)cc1. The summed E-state index contributed by atoms with van der Waals surface area (Å²) in [6, 6.07) is 9.50. The highest BCUT2D eigenvalue weighted by Gasteiger charge is 2.08. The Kier molecular flexibility index (Phi) is 7.79. The fraction of sp³-hybridized carbons (Fsp3) is 0.474. The molecular formula is C19H28N4O3. The lowest BCUT2D eigenvalue weighted by molar-refractivity contribution is 0.280. The summed E-state index contributed by atoms with van der Waals surface area (Å²) < 4.78 is 16.2. The molecule has 142 valence electrons. The van der Waals surface area contributed by atoms with E-state index in [2.05, 4.69) is 15.5 Å². The molecule has 2 rings (SSSR count). The molecule has 0 fully saturated rings. The zero-order valence-electron chi connectivity index (χ0n) is 16.0. The number of aromatic nitrogens is 1. The number of nitrogens with one attached hydrogen (secondary N) is 1. The molecule has 1 heterocycles. The summed E-state index contributed by atoms with van der Waals surface area (Å²) in [6.45, 7) is 6.59. The predicted molar refractivity (Wildman–Crippen MR) is 102 cm³/mol. The summed E-state index contributed by atoms with van der Waals surface area (Å²) in [5.74, 6) is 3.20. The number of aryl methyl sites for hydroxylation is 1. The van der Waals surface area contributed by atoms with E-state index in [1.54, 1.807) is 7.11 Å². The molecule has 0 aliphatic rings. The number of nitrogens with zero attached hydrogens (tertiary/aromatic N) is 3. The van der Waals surface area contributed by atoms with Crippen molar-refractivity contribution in [3.05, 3.63) is 41.8 Å². The first-order valence-electron chi connectivity index (χ1n) is 8.87. The van der Waals surface area contributed by atoms with Crippen molar-refractivity contribution in [2.45, 2.75) is 26.8 Å². The molecule has 7 heteroatoms. The van der Waals surface area contributed by atoms with Crippen LogP contribution in [0.2, 0.25) is 0 Å². The minimum absolute atomic E-state index is 0.457. The van der Waals surface area contributed by atoms with E-state index in [-0.39, 0.29) is 0 Å². The molecule has 1 aromatic heterocycles. The number of ether oxygens (including phenoxy) is 2. The van der Waals surface area contributed by atoms with Gasteiger partial charge in [-0.3, -0.25) is 0 Å². The smallest absolute Gasteiger partial charge is 0.194 e. The first-order chi connectivity index (χ1) is 12.7. The molecule has 0 bridgehead atoms. The second-order valence-corrected chi connectivity index (χ2v) is 5.75. The molecule has 0 amide bonds. The maximum absolute atomic E-state index is 5.78. The summed E-state index contributed by atoms with van der Waals surface area (Å²) in [7, 11) is 3.63. The Balaban J connectivity index is 1.85. The summed E-state index contributed by atoms with van der Waals surface area (Å²) in [5.41, 5.74) is 0.946. The minimum atomic E-state index is 0.457. The van der Waals surface area contributed by atoms with Gasteiger partial charge in [-0.1, -0.05) is 12.1 Å². The van der Waals surface area contributed by atoms with Crippen LogP contribution in [0.5, 0.6) is 11.5 Å². The van der Waals surface area contributed by atoms with Gasteiger partial charge in [-0.15, -0.1) is 0 Å². The van der Waals surface area contributed by atoms with Gasteiger partial charge >= 0.3 is 0 Å². The quantitative estimate of drug-likeness (QED) is 0.548. The molecule has 0 atom stereocenters. The average Bonchev–Trinajstić information content (AvgIpc) is 3.13. The highest BCUT2D eigenvalue weighted by molar-refractivity contribution is 5.79. The predicted octanol–water partition coefficient (Wildman–Crippen LogP) is 2.72. The highest BCUT2D eigenvalue weighted by atomic mass is 16.5. The lowest BCUT2D eigenvalue weighted by Crippen LogP contribution is -2.40. The van der Waals surface area contributed by atoms with Gasteiger partial charge in [-0.05, 0) is 37.6 Å². The average molecular weight is 360 g/mol. The lowest BCUT2D eigenvalue weighted by Gasteiger charge is -2.22. The number of aliphatic imine (C=N–C) groups is 1. The Labute approximate surface area is 155 Å². The number of methoxy groups -OCH3 is 1. The number of likely N-dealkylation sites (N-methyl/N-ethyl adjacent to an activating group) is 1. The first kappa shape index (κ1) is 19.6. The van der Waals surface area contributed by atoms with E-state index >= 15 is 0 Å².